The summed E-state index contributed by atoms with van der Waals surface area (Å²) in [5, 5.41) is 10.4. The average molecular weight is 284 g/mol. The first kappa shape index (κ1) is 15.2. The second-order valence-electron chi connectivity index (χ2n) is 7.91. The zero-order valence-electron chi connectivity index (χ0n) is 12.9. The average Bonchev–Trinajstić information content (AvgIpc) is 2.69. The van der Waals surface area contributed by atoms with E-state index in [4.69, 9.17) is 4.43 Å². The predicted molar refractivity (Wildman–Crippen MR) is 78.5 cm³/mol. The quantitative estimate of drug-likeness (QED) is 0.810. The number of ketones is 1. The standard InChI is InChI=1S/C15H28O3Si/c1-15(2,3)19(4,5)18-9-13-12-8-11(16)6-10(12)7-14(13)17/h10,12-14,17H,6-9H2,1-5H3/t10?,12-,13+,14+/m0/s1. The van der Waals surface area contributed by atoms with Crippen molar-refractivity contribution in [2.24, 2.45) is 17.8 Å². The van der Waals surface area contributed by atoms with Crippen LogP contribution in [0, 0.1) is 17.8 Å². The maximum atomic E-state index is 11.6. The van der Waals surface area contributed by atoms with Gasteiger partial charge in [0, 0.05) is 25.4 Å². The molecule has 0 spiro atoms. The van der Waals surface area contributed by atoms with Crippen LogP contribution in [0.4, 0.5) is 0 Å². The summed E-state index contributed by atoms with van der Waals surface area (Å²) in [6, 6.07) is 0. The van der Waals surface area contributed by atoms with Crippen LogP contribution in [0.5, 0.6) is 0 Å². The van der Waals surface area contributed by atoms with Gasteiger partial charge in [0.1, 0.15) is 5.78 Å². The number of rotatable bonds is 3. The fraction of sp³-hybridized carbons (Fsp3) is 0.933. The number of hydrogen-bond donors (Lipinski definition) is 1. The smallest absolute Gasteiger partial charge is 0.191 e. The van der Waals surface area contributed by atoms with Crippen molar-refractivity contribution in [3.8, 4) is 0 Å². The minimum absolute atomic E-state index is 0.172. The molecule has 2 rings (SSSR count). The minimum Gasteiger partial charge on any atom is -0.416 e. The Labute approximate surface area is 117 Å². The van der Waals surface area contributed by atoms with E-state index in [1.807, 2.05) is 0 Å². The molecule has 1 N–H and O–H groups in total. The van der Waals surface area contributed by atoms with Crippen molar-refractivity contribution in [2.45, 2.75) is 64.3 Å². The topological polar surface area (TPSA) is 46.5 Å². The first-order chi connectivity index (χ1) is 8.62. The lowest BCUT2D eigenvalue weighted by Crippen LogP contribution is -2.43. The molecule has 2 aliphatic rings. The third-order valence-corrected chi connectivity index (χ3v) is 10.1. The number of carbonyl (C=O) groups is 1. The number of fused-ring (bicyclic) bond motifs is 1. The molecule has 0 aromatic rings. The van der Waals surface area contributed by atoms with Gasteiger partial charge in [0.15, 0.2) is 8.32 Å². The van der Waals surface area contributed by atoms with E-state index in [0.29, 0.717) is 37.1 Å². The number of Topliss-reactive ketones (excluding diaryl/α,β-unsaturated/α-hetero) is 1. The molecule has 4 atom stereocenters. The fourth-order valence-corrected chi connectivity index (χ4v) is 4.28. The van der Waals surface area contributed by atoms with Crippen LogP contribution in [-0.4, -0.2) is 31.9 Å². The first-order valence-corrected chi connectivity index (χ1v) is 10.4. The van der Waals surface area contributed by atoms with E-state index in [1.165, 1.54) is 0 Å². The lowest BCUT2D eigenvalue weighted by molar-refractivity contribution is -0.118. The number of carbonyl (C=O) groups excluding carboxylic acids is 1. The van der Waals surface area contributed by atoms with Gasteiger partial charge >= 0.3 is 0 Å². The van der Waals surface area contributed by atoms with Gasteiger partial charge in [-0.1, -0.05) is 20.8 Å². The number of aliphatic hydroxyl groups excluding tert-OH is 1. The van der Waals surface area contributed by atoms with Gasteiger partial charge in [-0.3, -0.25) is 4.79 Å². The summed E-state index contributed by atoms with van der Waals surface area (Å²) in [4.78, 5) is 11.6. The molecule has 110 valence electrons. The van der Waals surface area contributed by atoms with Gasteiger partial charge in [0.2, 0.25) is 0 Å². The zero-order valence-corrected chi connectivity index (χ0v) is 13.9. The van der Waals surface area contributed by atoms with Crippen LogP contribution in [0.15, 0.2) is 0 Å². The monoisotopic (exact) mass is 284 g/mol. The van der Waals surface area contributed by atoms with Crippen LogP contribution in [-0.2, 0) is 9.22 Å². The highest BCUT2D eigenvalue weighted by atomic mass is 28.4. The molecule has 19 heavy (non-hydrogen) atoms. The zero-order chi connectivity index (χ0) is 14.4. The molecule has 0 aromatic carbocycles. The summed E-state index contributed by atoms with van der Waals surface area (Å²) in [7, 11) is -1.76. The Morgan fingerprint density at radius 1 is 1.32 bits per heavy atom. The first-order valence-electron chi connectivity index (χ1n) is 7.45. The van der Waals surface area contributed by atoms with Gasteiger partial charge in [-0.2, -0.15) is 0 Å². The van der Waals surface area contributed by atoms with Gasteiger partial charge in [-0.05, 0) is 36.4 Å². The van der Waals surface area contributed by atoms with E-state index < -0.39 is 8.32 Å². The molecule has 0 saturated heterocycles. The summed E-state index contributed by atoms with van der Waals surface area (Å²) < 4.78 is 6.26. The Hall–Kier alpha value is -0.193. The largest absolute Gasteiger partial charge is 0.416 e. The molecule has 0 bridgehead atoms. The molecule has 0 aromatic heterocycles. The number of aliphatic hydroxyl groups is 1. The van der Waals surface area contributed by atoms with E-state index in [0.717, 1.165) is 6.42 Å². The van der Waals surface area contributed by atoms with Gasteiger partial charge in [0.05, 0.1) is 6.10 Å². The van der Waals surface area contributed by atoms with Crippen LogP contribution in [0.3, 0.4) is 0 Å². The van der Waals surface area contributed by atoms with Gasteiger partial charge in [-0.15, -0.1) is 0 Å². The second kappa shape index (κ2) is 4.97. The molecule has 0 heterocycles. The second-order valence-corrected chi connectivity index (χ2v) is 12.7. The van der Waals surface area contributed by atoms with Crippen molar-refractivity contribution in [2.75, 3.05) is 6.61 Å². The highest BCUT2D eigenvalue weighted by molar-refractivity contribution is 6.74. The van der Waals surface area contributed by atoms with Crippen LogP contribution >= 0.6 is 0 Å². The van der Waals surface area contributed by atoms with Crippen LogP contribution < -0.4 is 0 Å². The minimum atomic E-state index is -1.76. The normalized spacial score (nSPS) is 35.8. The lowest BCUT2D eigenvalue weighted by atomic mass is 9.92. The van der Waals surface area contributed by atoms with Crippen molar-refractivity contribution in [1.82, 2.24) is 0 Å². The Balaban J connectivity index is 1.97. The van der Waals surface area contributed by atoms with Crippen molar-refractivity contribution in [3.63, 3.8) is 0 Å². The van der Waals surface area contributed by atoms with Crippen LogP contribution in [0.25, 0.3) is 0 Å². The fourth-order valence-electron chi connectivity index (χ4n) is 3.24. The molecule has 4 heteroatoms. The van der Waals surface area contributed by atoms with Crippen molar-refractivity contribution >= 4 is 14.1 Å². The highest BCUT2D eigenvalue weighted by Gasteiger charge is 2.48. The molecule has 0 radical (unpaired) electrons. The van der Waals surface area contributed by atoms with E-state index >= 15 is 0 Å². The molecule has 2 fully saturated rings. The van der Waals surface area contributed by atoms with E-state index in [2.05, 4.69) is 33.9 Å². The summed E-state index contributed by atoms with van der Waals surface area (Å²) >= 11 is 0. The third kappa shape index (κ3) is 2.95. The number of hydrogen-bond acceptors (Lipinski definition) is 3. The van der Waals surface area contributed by atoms with E-state index in [1.54, 1.807) is 0 Å². The Kier molecular flexibility index (Phi) is 3.98. The van der Waals surface area contributed by atoms with E-state index in [9.17, 15) is 9.90 Å². The Bertz CT molecular complexity index is 359. The molecule has 3 nitrogen and oxygen atoms in total. The van der Waals surface area contributed by atoms with Crippen LogP contribution in [0.1, 0.15) is 40.0 Å². The maximum absolute atomic E-state index is 11.6. The summed E-state index contributed by atoms with van der Waals surface area (Å²) in [5.41, 5.74) is 0. The molecule has 1 unspecified atom stereocenters. The predicted octanol–water partition coefficient (Wildman–Crippen LogP) is 2.98. The van der Waals surface area contributed by atoms with Crippen molar-refractivity contribution in [3.05, 3.63) is 0 Å². The third-order valence-electron chi connectivity index (χ3n) is 5.59. The lowest BCUT2D eigenvalue weighted by Gasteiger charge is -2.37. The molecule has 2 aliphatic carbocycles. The maximum Gasteiger partial charge on any atom is 0.191 e. The van der Waals surface area contributed by atoms with Gasteiger partial charge in [-0.25, -0.2) is 0 Å². The van der Waals surface area contributed by atoms with Gasteiger partial charge < -0.3 is 9.53 Å². The molecular weight excluding hydrogens is 256 g/mol. The summed E-state index contributed by atoms with van der Waals surface area (Å²) in [6.07, 6.45) is 1.86. The van der Waals surface area contributed by atoms with Crippen LogP contribution in [0.2, 0.25) is 18.1 Å². The Morgan fingerprint density at radius 2 is 1.95 bits per heavy atom. The Morgan fingerprint density at radius 3 is 2.53 bits per heavy atom. The summed E-state index contributed by atoms with van der Waals surface area (Å²) in [5.74, 6) is 1.33. The van der Waals surface area contributed by atoms with E-state index in [-0.39, 0.29) is 17.1 Å². The highest BCUT2D eigenvalue weighted by Crippen LogP contribution is 2.47. The van der Waals surface area contributed by atoms with Crippen molar-refractivity contribution in [1.29, 1.82) is 0 Å². The van der Waals surface area contributed by atoms with Crippen molar-refractivity contribution < 1.29 is 14.3 Å². The molecule has 0 amide bonds. The molecule has 2 saturated carbocycles. The SMILES string of the molecule is CC(C)(C)[Si](C)(C)OC[C@H]1[C@H](O)CC2CC(=O)C[C@@H]21. The molecule has 0 aliphatic heterocycles. The molecular formula is C15H28O3Si. The van der Waals surface area contributed by atoms with Gasteiger partial charge in [0.25, 0.3) is 0 Å². The summed E-state index contributed by atoms with van der Waals surface area (Å²) in [6.45, 7) is 11.8.